The lowest BCUT2D eigenvalue weighted by Crippen LogP contribution is -2.47. The first-order chi connectivity index (χ1) is 14.8. The van der Waals surface area contributed by atoms with Crippen molar-refractivity contribution in [3.8, 4) is 0 Å². The molecule has 5 nitrogen and oxygen atoms in total. The van der Waals surface area contributed by atoms with Crippen molar-refractivity contribution in [2.75, 3.05) is 13.1 Å². The summed E-state index contributed by atoms with van der Waals surface area (Å²) in [5.41, 5.74) is 3.28. The topological polar surface area (TPSA) is 53.6 Å². The number of carbonyl (C=O) groups is 1. The Morgan fingerprint density at radius 3 is 2.42 bits per heavy atom. The van der Waals surface area contributed by atoms with Gasteiger partial charge >= 0.3 is 6.03 Å². The fraction of sp³-hybridized carbons (Fsp3) is 0.480. The molecule has 2 aromatic rings. The molecule has 0 unspecified atom stereocenters. The fourth-order valence-corrected chi connectivity index (χ4v) is 3.76. The molecule has 0 aliphatic carbocycles. The second-order valence-corrected chi connectivity index (χ2v) is 9.66. The van der Waals surface area contributed by atoms with Gasteiger partial charge in [-0.25, -0.2) is 4.79 Å². The van der Waals surface area contributed by atoms with Crippen molar-refractivity contribution in [2.24, 2.45) is 0 Å². The van der Waals surface area contributed by atoms with E-state index in [1.807, 2.05) is 51.1 Å². The minimum absolute atomic E-state index is 0.104. The monoisotopic (exact) mass is 443 g/mol. The van der Waals surface area contributed by atoms with E-state index in [0.29, 0.717) is 13.2 Å². The van der Waals surface area contributed by atoms with Crippen molar-refractivity contribution in [1.82, 2.24) is 15.5 Å². The van der Waals surface area contributed by atoms with Gasteiger partial charge in [0.05, 0.1) is 12.2 Å². The average Bonchev–Trinajstić information content (AvgIpc) is 2.74. The number of benzene rings is 2. The minimum atomic E-state index is -0.168. The summed E-state index contributed by atoms with van der Waals surface area (Å²) in [6, 6.07) is 16.3. The summed E-state index contributed by atoms with van der Waals surface area (Å²) in [4.78, 5) is 14.8. The molecule has 1 heterocycles. The average molecular weight is 444 g/mol. The Morgan fingerprint density at radius 2 is 1.74 bits per heavy atom. The molecule has 168 valence electrons. The number of carbonyl (C=O) groups excluding carboxylic acids is 1. The van der Waals surface area contributed by atoms with Crippen molar-refractivity contribution in [1.29, 1.82) is 0 Å². The van der Waals surface area contributed by atoms with Gasteiger partial charge in [-0.15, -0.1) is 0 Å². The van der Waals surface area contributed by atoms with Crippen LogP contribution in [0.3, 0.4) is 0 Å². The van der Waals surface area contributed by atoms with E-state index < -0.39 is 0 Å². The number of urea groups is 1. The number of nitrogens with one attached hydrogen (secondary N) is 2. The molecule has 31 heavy (non-hydrogen) atoms. The quantitative estimate of drug-likeness (QED) is 0.624. The van der Waals surface area contributed by atoms with Crippen molar-refractivity contribution >= 4 is 17.6 Å². The molecule has 0 spiro atoms. The fourth-order valence-electron chi connectivity index (χ4n) is 3.63. The molecule has 2 amide bonds. The van der Waals surface area contributed by atoms with E-state index in [-0.39, 0.29) is 17.7 Å². The number of rotatable bonds is 7. The first kappa shape index (κ1) is 23.6. The van der Waals surface area contributed by atoms with Crippen molar-refractivity contribution in [3.63, 3.8) is 0 Å². The molecule has 1 aliphatic heterocycles. The molecule has 2 aromatic carbocycles. The van der Waals surface area contributed by atoms with Crippen LogP contribution in [0.2, 0.25) is 5.02 Å². The molecule has 2 N–H and O–H groups in total. The Hall–Kier alpha value is -2.08. The van der Waals surface area contributed by atoms with Crippen molar-refractivity contribution in [2.45, 2.75) is 65.0 Å². The third-order valence-corrected chi connectivity index (χ3v) is 5.61. The van der Waals surface area contributed by atoms with E-state index >= 15 is 0 Å². The van der Waals surface area contributed by atoms with Crippen LogP contribution in [0.1, 0.15) is 50.3 Å². The molecule has 0 atom stereocenters. The lowest BCUT2D eigenvalue weighted by molar-refractivity contribution is -0.0149. The Labute approximate surface area is 191 Å². The lowest BCUT2D eigenvalue weighted by atomic mass is 10.0. The summed E-state index contributed by atoms with van der Waals surface area (Å²) in [7, 11) is 0. The molecule has 3 rings (SSSR count). The molecule has 0 bridgehead atoms. The molecule has 0 radical (unpaired) electrons. The van der Waals surface area contributed by atoms with Crippen LogP contribution in [0.5, 0.6) is 0 Å². The SMILES string of the molecule is CC(C)(C)OCc1cccc(CNC(=O)NC2CCN(Cc3ccc(Cl)cc3)CC2)c1. The minimum Gasteiger partial charge on any atom is -0.371 e. The Balaban J connectivity index is 1.37. The number of nitrogens with zero attached hydrogens (tertiary/aromatic N) is 1. The highest BCUT2D eigenvalue weighted by atomic mass is 35.5. The largest absolute Gasteiger partial charge is 0.371 e. The molecular formula is C25H34ClN3O2. The molecule has 1 aliphatic rings. The Morgan fingerprint density at radius 1 is 1.06 bits per heavy atom. The van der Waals surface area contributed by atoms with Crippen molar-refractivity contribution in [3.05, 3.63) is 70.2 Å². The lowest BCUT2D eigenvalue weighted by Gasteiger charge is -2.32. The predicted octanol–water partition coefficient (Wildman–Crippen LogP) is 5.12. The van der Waals surface area contributed by atoms with Gasteiger partial charge < -0.3 is 15.4 Å². The van der Waals surface area contributed by atoms with E-state index in [1.54, 1.807) is 0 Å². The molecular weight excluding hydrogens is 410 g/mol. The number of ether oxygens (including phenoxy) is 1. The van der Waals surface area contributed by atoms with Gasteiger partial charge in [-0.1, -0.05) is 48.0 Å². The standard InChI is InChI=1S/C25H34ClN3O2/c1-25(2,3)31-18-21-6-4-5-20(15-21)16-27-24(30)28-23-11-13-29(14-12-23)17-19-7-9-22(26)10-8-19/h4-10,15,23H,11-14,16-18H2,1-3H3,(H2,27,28,30). The number of piperidine rings is 1. The number of hydrogen-bond donors (Lipinski definition) is 2. The van der Waals surface area contributed by atoms with Crippen LogP contribution >= 0.6 is 11.6 Å². The first-order valence-corrected chi connectivity index (χ1v) is 11.4. The third kappa shape index (κ3) is 8.52. The van der Waals surface area contributed by atoms with Crippen LogP contribution in [0.4, 0.5) is 4.79 Å². The van der Waals surface area contributed by atoms with Gasteiger partial charge in [0, 0.05) is 37.2 Å². The van der Waals surface area contributed by atoms with Gasteiger partial charge in [-0.3, -0.25) is 4.90 Å². The second kappa shape index (κ2) is 11.0. The van der Waals surface area contributed by atoms with Crippen LogP contribution in [-0.4, -0.2) is 35.7 Å². The molecule has 1 fully saturated rings. The molecule has 6 heteroatoms. The summed E-state index contributed by atoms with van der Waals surface area (Å²) in [6.07, 6.45) is 1.92. The summed E-state index contributed by atoms with van der Waals surface area (Å²) >= 11 is 5.96. The maximum Gasteiger partial charge on any atom is 0.315 e. The molecule has 1 saturated heterocycles. The Kier molecular flexibility index (Phi) is 8.35. The highest BCUT2D eigenvalue weighted by Gasteiger charge is 2.20. The number of likely N-dealkylation sites (tertiary alicyclic amines) is 1. The first-order valence-electron chi connectivity index (χ1n) is 11.0. The van der Waals surface area contributed by atoms with E-state index in [4.69, 9.17) is 16.3 Å². The summed E-state index contributed by atoms with van der Waals surface area (Å²) in [5.74, 6) is 0. The van der Waals surface area contributed by atoms with E-state index in [2.05, 4.69) is 33.7 Å². The van der Waals surface area contributed by atoms with Crippen LogP contribution in [-0.2, 0) is 24.4 Å². The summed E-state index contributed by atoms with van der Waals surface area (Å²) in [6.45, 7) is 10.1. The highest BCUT2D eigenvalue weighted by Crippen LogP contribution is 2.16. The zero-order valence-electron chi connectivity index (χ0n) is 18.8. The van der Waals surface area contributed by atoms with E-state index in [0.717, 1.165) is 48.6 Å². The predicted molar refractivity (Wildman–Crippen MR) is 126 cm³/mol. The van der Waals surface area contributed by atoms with Gasteiger partial charge in [0.2, 0.25) is 0 Å². The molecule has 0 saturated carbocycles. The van der Waals surface area contributed by atoms with Crippen molar-refractivity contribution < 1.29 is 9.53 Å². The maximum absolute atomic E-state index is 12.4. The van der Waals surface area contributed by atoms with Gasteiger partial charge in [0.1, 0.15) is 0 Å². The third-order valence-electron chi connectivity index (χ3n) is 5.36. The maximum atomic E-state index is 12.4. The Bertz CT molecular complexity index is 841. The van der Waals surface area contributed by atoms with Crippen LogP contribution in [0, 0.1) is 0 Å². The smallest absolute Gasteiger partial charge is 0.315 e. The van der Waals surface area contributed by atoms with Gasteiger partial charge in [0.25, 0.3) is 0 Å². The van der Waals surface area contributed by atoms with Crippen LogP contribution in [0.25, 0.3) is 0 Å². The summed E-state index contributed by atoms with van der Waals surface area (Å²) < 4.78 is 5.84. The normalized spacial score (nSPS) is 15.6. The highest BCUT2D eigenvalue weighted by molar-refractivity contribution is 6.30. The van der Waals surface area contributed by atoms with Gasteiger partial charge in [-0.05, 0) is 62.4 Å². The zero-order valence-corrected chi connectivity index (χ0v) is 19.5. The van der Waals surface area contributed by atoms with Gasteiger partial charge in [0.15, 0.2) is 0 Å². The number of amides is 2. The van der Waals surface area contributed by atoms with Crippen LogP contribution < -0.4 is 10.6 Å². The van der Waals surface area contributed by atoms with E-state index in [9.17, 15) is 4.79 Å². The molecule has 0 aromatic heterocycles. The second-order valence-electron chi connectivity index (χ2n) is 9.22. The van der Waals surface area contributed by atoms with Crippen LogP contribution in [0.15, 0.2) is 48.5 Å². The zero-order chi connectivity index (χ0) is 22.3. The summed E-state index contributed by atoms with van der Waals surface area (Å²) in [5, 5.41) is 6.87. The number of halogens is 1. The number of hydrogen-bond acceptors (Lipinski definition) is 3. The van der Waals surface area contributed by atoms with E-state index in [1.165, 1.54) is 5.56 Å². The van der Waals surface area contributed by atoms with Gasteiger partial charge in [-0.2, -0.15) is 0 Å².